The molecule has 3 N–H and O–H groups in total. The molecule has 0 saturated heterocycles. The fraction of sp³-hybridized carbons (Fsp3) is 0.364. The number of aryl methyl sites for hydroxylation is 1. The Hall–Kier alpha value is -3.02. The molecule has 2 aromatic carbocycles. The minimum Gasteiger partial charge on any atom is -0.504 e. The van der Waals surface area contributed by atoms with E-state index in [0.717, 1.165) is 30.5 Å². The van der Waals surface area contributed by atoms with Gasteiger partial charge in [0.25, 0.3) is 0 Å². The lowest BCUT2D eigenvalue weighted by Crippen LogP contribution is -2.20. The summed E-state index contributed by atoms with van der Waals surface area (Å²) in [4.78, 5) is 23.2. The molecular formula is C22H24O6. The molecule has 6 heteroatoms. The number of Topliss-reactive ketones (excluding diaryl/α,β-unsaturated/α-hetero) is 1. The first-order chi connectivity index (χ1) is 13.4. The van der Waals surface area contributed by atoms with Gasteiger partial charge in [-0.2, -0.15) is 0 Å². The number of phenolic OH excluding ortho intramolecular Hbond substituents is 3. The fourth-order valence-corrected chi connectivity index (χ4v) is 3.75. The molecule has 0 heterocycles. The van der Waals surface area contributed by atoms with Gasteiger partial charge in [-0.1, -0.05) is 31.4 Å². The molecule has 1 aliphatic rings. The Balaban J connectivity index is 1.89. The first-order valence-electron chi connectivity index (χ1n) is 9.41. The molecule has 1 aliphatic carbocycles. The minimum atomic E-state index is -1.34. The molecule has 0 spiro atoms. The largest absolute Gasteiger partial charge is 0.504 e. The molecular weight excluding hydrogens is 360 g/mol. The van der Waals surface area contributed by atoms with E-state index >= 15 is 0 Å². The first kappa shape index (κ1) is 19.7. The number of carbonyl (C=O) groups excluding carboxylic acids is 2. The molecule has 1 saturated carbocycles. The maximum Gasteiger partial charge on any atom is 0.240 e. The molecule has 0 bridgehead atoms. The number of aromatic hydroxyl groups is 3. The van der Waals surface area contributed by atoms with Crippen LogP contribution in [0.15, 0.2) is 30.3 Å². The lowest BCUT2D eigenvalue weighted by molar-refractivity contribution is -0.134. The highest BCUT2D eigenvalue weighted by molar-refractivity contribution is 6.27. The summed E-state index contributed by atoms with van der Waals surface area (Å²) in [5.74, 6) is -1.81. The van der Waals surface area contributed by atoms with Gasteiger partial charge in [0.15, 0.2) is 29.6 Å². The van der Waals surface area contributed by atoms with E-state index in [1.54, 1.807) is 6.07 Å². The van der Waals surface area contributed by atoms with Crippen molar-refractivity contribution in [2.45, 2.75) is 51.0 Å². The van der Waals surface area contributed by atoms with Gasteiger partial charge >= 0.3 is 0 Å². The number of carbonyl (C=O) groups is 2. The Bertz CT molecular complexity index is 860. The summed E-state index contributed by atoms with van der Waals surface area (Å²) in [5.41, 5.74) is 2.14. The summed E-state index contributed by atoms with van der Waals surface area (Å²) < 4.78 is 5.79. The second kappa shape index (κ2) is 8.33. The number of benzene rings is 2. The van der Waals surface area contributed by atoms with Crippen LogP contribution >= 0.6 is 0 Å². The van der Waals surface area contributed by atoms with E-state index in [1.165, 1.54) is 24.8 Å². The Morgan fingerprint density at radius 2 is 1.71 bits per heavy atom. The second-order valence-electron chi connectivity index (χ2n) is 7.29. The van der Waals surface area contributed by atoms with Gasteiger partial charge in [-0.25, -0.2) is 0 Å². The van der Waals surface area contributed by atoms with Gasteiger partial charge in [-0.15, -0.1) is 0 Å². The highest BCUT2D eigenvalue weighted by Gasteiger charge is 2.26. The molecule has 28 heavy (non-hydrogen) atoms. The van der Waals surface area contributed by atoms with Crippen molar-refractivity contribution >= 4 is 12.1 Å². The van der Waals surface area contributed by atoms with Crippen LogP contribution < -0.4 is 4.74 Å². The van der Waals surface area contributed by atoms with Crippen molar-refractivity contribution in [1.82, 2.24) is 0 Å². The lowest BCUT2D eigenvalue weighted by Gasteiger charge is -2.23. The van der Waals surface area contributed by atoms with Gasteiger partial charge in [0.2, 0.25) is 5.78 Å². The third-order valence-corrected chi connectivity index (χ3v) is 5.29. The molecule has 0 aromatic heterocycles. The quantitative estimate of drug-likeness (QED) is 0.394. The molecule has 1 atom stereocenters. The Morgan fingerprint density at radius 1 is 1.07 bits per heavy atom. The van der Waals surface area contributed by atoms with Gasteiger partial charge in [-0.05, 0) is 55.0 Å². The predicted molar refractivity (Wildman–Crippen MR) is 103 cm³/mol. The molecule has 148 valence electrons. The number of ketones is 1. The van der Waals surface area contributed by atoms with E-state index in [9.17, 15) is 24.9 Å². The number of hydrogen-bond acceptors (Lipinski definition) is 6. The van der Waals surface area contributed by atoms with Crippen LogP contribution in [0.4, 0.5) is 0 Å². The molecule has 1 unspecified atom stereocenters. The minimum absolute atomic E-state index is 0.0701. The summed E-state index contributed by atoms with van der Waals surface area (Å²) in [6.07, 6.45) is 4.86. The van der Waals surface area contributed by atoms with Crippen LogP contribution in [-0.2, 0) is 9.59 Å². The standard InChI is InChI=1S/C22H24O6/c1-13-9-15(14-5-3-2-4-6-14)7-8-20(13)28-22(19(26)12-23)16-10-17(24)21(27)18(25)11-16/h7-12,14,22,24-25,27H,2-6H2,1H3. The Morgan fingerprint density at radius 3 is 2.29 bits per heavy atom. The van der Waals surface area contributed by atoms with E-state index in [2.05, 4.69) is 0 Å². The maximum absolute atomic E-state index is 12.1. The average Bonchev–Trinajstić information content (AvgIpc) is 2.70. The highest BCUT2D eigenvalue weighted by atomic mass is 16.5. The summed E-state index contributed by atoms with van der Waals surface area (Å²) in [5, 5.41) is 28.9. The van der Waals surface area contributed by atoms with Gasteiger partial charge in [0.05, 0.1) is 0 Å². The van der Waals surface area contributed by atoms with Crippen molar-refractivity contribution in [2.24, 2.45) is 0 Å². The molecule has 3 rings (SSSR count). The highest BCUT2D eigenvalue weighted by Crippen LogP contribution is 2.39. The van der Waals surface area contributed by atoms with Crippen molar-refractivity contribution < 1.29 is 29.6 Å². The molecule has 2 aromatic rings. The number of rotatable bonds is 6. The molecule has 0 aliphatic heterocycles. The first-order valence-corrected chi connectivity index (χ1v) is 9.41. The topological polar surface area (TPSA) is 104 Å². The van der Waals surface area contributed by atoms with Crippen LogP contribution in [0.2, 0.25) is 0 Å². The summed E-state index contributed by atoms with van der Waals surface area (Å²) >= 11 is 0. The van der Waals surface area contributed by atoms with Crippen molar-refractivity contribution in [3.63, 3.8) is 0 Å². The SMILES string of the molecule is Cc1cc(C2CCCCC2)ccc1OC(C(=O)C=O)c1cc(O)c(O)c(O)c1. The van der Waals surface area contributed by atoms with Crippen LogP contribution in [0.25, 0.3) is 0 Å². The third-order valence-electron chi connectivity index (χ3n) is 5.29. The van der Waals surface area contributed by atoms with Crippen LogP contribution in [-0.4, -0.2) is 27.4 Å². The van der Waals surface area contributed by atoms with Crippen LogP contribution in [0.5, 0.6) is 23.0 Å². The lowest BCUT2D eigenvalue weighted by atomic mass is 9.83. The van der Waals surface area contributed by atoms with Gasteiger partial charge < -0.3 is 20.1 Å². The third kappa shape index (κ3) is 4.11. The van der Waals surface area contributed by atoms with Gasteiger partial charge in [-0.3, -0.25) is 9.59 Å². The number of phenols is 3. The number of aldehydes is 1. The predicted octanol–water partition coefficient (Wildman–Crippen LogP) is 4.05. The zero-order valence-corrected chi connectivity index (χ0v) is 15.7. The van der Waals surface area contributed by atoms with E-state index in [4.69, 9.17) is 4.74 Å². The van der Waals surface area contributed by atoms with Crippen LogP contribution in [0.3, 0.4) is 0 Å². The number of hydrogen-bond donors (Lipinski definition) is 3. The Labute approximate surface area is 163 Å². The average molecular weight is 384 g/mol. The van der Waals surface area contributed by atoms with E-state index in [1.807, 2.05) is 19.1 Å². The molecule has 1 fully saturated rings. The smallest absolute Gasteiger partial charge is 0.240 e. The van der Waals surface area contributed by atoms with Crippen molar-refractivity contribution in [2.75, 3.05) is 0 Å². The fourth-order valence-electron chi connectivity index (χ4n) is 3.75. The maximum atomic E-state index is 12.1. The normalized spacial score (nSPS) is 15.8. The zero-order chi connectivity index (χ0) is 20.3. The van der Waals surface area contributed by atoms with Crippen molar-refractivity contribution in [1.29, 1.82) is 0 Å². The van der Waals surface area contributed by atoms with Gasteiger partial charge in [0.1, 0.15) is 5.75 Å². The molecule has 6 nitrogen and oxygen atoms in total. The van der Waals surface area contributed by atoms with E-state index in [0.29, 0.717) is 11.7 Å². The molecule has 0 amide bonds. The van der Waals surface area contributed by atoms with Crippen molar-refractivity contribution in [3.8, 4) is 23.0 Å². The van der Waals surface area contributed by atoms with Crippen molar-refractivity contribution in [3.05, 3.63) is 47.0 Å². The monoisotopic (exact) mass is 384 g/mol. The van der Waals surface area contributed by atoms with E-state index in [-0.39, 0.29) is 11.8 Å². The van der Waals surface area contributed by atoms with Crippen LogP contribution in [0.1, 0.15) is 60.8 Å². The number of ether oxygens (including phenoxy) is 1. The zero-order valence-electron chi connectivity index (χ0n) is 15.7. The summed E-state index contributed by atoms with van der Waals surface area (Å²) in [6.45, 7) is 1.87. The summed E-state index contributed by atoms with van der Waals surface area (Å²) in [6, 6.07) is 7.98. The second-order valence-corrected chi connectivity index (χ2v) is 7.29. The molecule has 0 radical (unpaired) electrons. The van der Waals surface area contributed by atoms with Gasteiger partial charge in [0, 0.05) is 5.56 Å². The summed E-state index contributed by atoms with van der Waals surface area (Å²) in [7, 11) is 0. The van der Waals surface area contributed by atoms with E-state index < -0.39 is 29.1 Å². The van der Waals surface area contributed by atoms with Crippen LogP contribution in [0, 0.1) is 6.92 Å². The Kier molecular flexibility index (Phi) is 5.87.